The number of unbranched alkanes of at least 4 members (excludes halogenated alkanes) is 11. The Kier molecular flexibility index (Phi) is 11.6. The van der Waals surface area contributed by atoms with Gasteiger partial charge in [0.2, 0.25) is 0 Å². The number of hydrogen-bond acceptors (Lipinski definition) is 3. The summed E-state index contributed by atoms with van der Waals surface area (Å²) in [6.07, 6.45) is 12.7. The smallest absolute Gasteiger partial charge is 0.306 e. The van der Waals surface area contributed by atoms with Gasteiger partial charge in [0.1, 0.15) is 6.54 Å². The van der Waals surface area contributed by atoms with Crippen LogP contribution in [0.5, 0.6) is 0 Å². The summed E-state index contributed by atoms with van der Waals surface area (Å²) >= 11 is 0. The van der Waals surface area contributed by atoms with Gasteiger partial charge in [0.25, 0.3) is 0 Å². The molecule has 0 bridgehead atoms. The molecule has 0 aromatic heterocycles. The number of likely N-dealkylation sites (N-methyl/N-ethyl adjacent to an activating group) is 1. The van der Waals surface area contributed by atoms with Gasteiger partial charge >= 0.3 is 5.97 Å². The Morgan fingerprint density at radius 2 is 1.25 bits per heavy atom. The number of carboxylic acids is 1. The van der Waals surface area contributed by atoms with Crippen molar-refractivity contribution in [2.75, 3.05) is 27.7 Å². The zero-order chi connectivity index (χ0) is 24.0. The fraction of sp³-hybridized carbons (Fsp3) is 0.913. The minimum Gasteiger partial charge on any atom is -0.481 e. The molecule has 166 valence electrons. The molecule has 0 amide bonds. The second-order valence-electron chi connectivity index (χ2n) is 9.22. The summed E-state index contributed by atoms with van der Waals surface area (Å²) in [5.41, 5.74) is -1.79. The first-order valence-corrected chi connectivity index (χ1v) is 11.0. The molecule has 0 saturated carbocycles. The molecule has 0 rings (SSSR count). The zero-order valence-corrected chi connectivity index (χ0v) is 18.5. The lowest BCUT2D eigenvalue weighted by Crippen LogP contribution is -2.54. The average Bonchev–Trinajstić information content (AvgIpc) is 2.58. The molecule has 0 saturated heterocycles. The standard InChI is InChI=1S/C23H45NO4/c1-5-6-7-8-9-10-11-12-13-14-15-16-17-18-21(25)23(28,19-22(26)27)20-24(2,3)4/h28H,5-20H2,1-4H3/p+1/i1D3. The molecule has 0 aliphatic carbocycles. The van der Waals surface area contributed by atoms with E-state index in [0.29, 0.717) is 17.3 Å². The lowest BCUT2D eigenvalue weighted by molar-refractivity contribution is -0.875. The van der Waals surface area contributed by atoms with Gasteiger partial charge < -0.3 is 14.7 Å². The number of nitrogens with zero attached hydrogens (tertiary/aromatic N) is 1. The minimum absolute atomic E-state index is 0.0948. The summed E-state index contributed by atoms with van der Waals surface area (Å²) in [4.78, 5) is 23.6. The SMILES string of the molecule is [2H]C([2H])([2H])CCCCCCCCCCCCCCC(=O)C(O)(CC(=O)O)C[N+](C)(C)C. The van der Waals surface area contributed by atoms with Crippen molar-refractivity contribution in [3.63, 3.8) is 0 Å². The van der Waals surface area contributed by atoms with Crippen LogP contribution in [0.15, 0.2) is 0 Å². The van der Waals surface area contributed by atoms with Crippen LogP contribution in [0.4, 0.5) is 0 Å². The summed E-state index contributed by atoms with van der Waals surface area (Å²) in [5, 5.41) is 19.7. The summed E-state index contributed by atoms with van der Waals surface area (Å²) in [6.45, 7) is -1.68. The van der Waals surface area contributed by atoms with E-state index in [2.05, 4.69) is 0 Å². The number of carboxylic acid groups (broad SMARTS) is 1. The summed E-state index contributed by atoms with van der Waals surface area (Å²) in [7, 11) is 5.50. The van der Waals surface area contributed by atoms with Crippen LogP contribution in [-0.4, -0.2) is 59.7 Å². The molecule has 1 unspecified atom stereocenters. The van der Waals surface area contributed by atoms with Gasteiger partial charge in [-0.1, -0.05) is 83.9 Å². The van der Waals surface area contributed by atoms with E-state index in [1.54, 1.807) is 0 Å². The lowest BCUT2D eigenvalue weighted by atomic mass is 9.89. The molecule has 0 aromatic carbocycles. The monoisotopic (exact) mass is 403 g/mol. The van der Waals surface area contributed by atoms with Gasteiger partial charge in [-0.05, 0) is 6.42 Å². The molecule has 0 spiro atoms. The van der Waals surface area contributed by atoms with Crippen LogP contribution in [0.2, 0.25) is 0 Å². The van der Waals surface area contributed by atoms with E-state index in [4.69, 9.17) is 9.22 Å². The topological polar surface area (TPSA) is 74.6 Å². The third kappa shape index (κ3) is 15.0. The predicted octanol–water partition coefficient (Wildman–Crippen LogP) is 4.95. The van der Waals surface area contributed by atoms with Crippen LogP contribution < -0.4 is 0 Å². The number of ketones is 1. The van der Waals surface area contributed by atoms with Crippen molar-refractivity contribution in [2.24, 2.45) is 0 Å². The third-order valence-electron chi connectivity index (χ3n) is 5.03. The second kappa shape index (κ2) is 15.0. The first-order chi connectivity index (χ1) is 14.3. The molecule has 28 heavy (non-hydrogen) atoms. The molecule has 0 radical (unpaired) electrons. The van der Waals surface area contributed by atoms with Crippen molar-refractivity contribution in [2.45, 2.75) is 109 Å². The van der Waals surface area contributed by atoms with E-state index < -0.39 is 24.8 Å². The number of aliphatic carboxylic acids is 1. The highest BCUT2D eigenvalue weighted by atomic mass is 16.4. The number of quaternary nitrogens is 1. The van der Waals surface area contributed by atoms with E-state index in [-0.39, 0.29) is 18.7 Å². The summed E-state index contributed by atoms with van der Waals surface area (Å²) in [6, 6.07) is 0. The number of rotatable bonds is 19. The van der Waals surface area contributed by atoms with E-state index in [1.165, 1.54) is 32.1 Å². The molecule has 5 heteroatoms. The number of aliphatic hydroxyl groups is 1. The number of carbonyl (C=O) groups excluding carboxylic acids is 1. The highest BCUT2D eigenvalue weighted by Gasteiger charge is 2.42. The van der Waals surface area contributed by atoms with Crippen molar-refractivity contribution >= 4 is 11.8 Å². The van der Waals surface area contributed by atoms with Crippen LogP contribution in [0.3, 0.4) is 0 Å². The third-order valence-corrected chi connectivity index (χ3v) is 5.03. The van der Waals surface area contributed by atoms with Crippen LogP contribution in [0.25, 0.3) is 0 Å². The van der Waals surface area contributed by atoms with Crippen molar-refractivity contribution in [1.29, 1.82) is 0 Å². The lowest BCUT2D eigenvalue weighted by Gasteiger charge is -2.33. The van der Waals surface area contributed by atoms with Crippen molar-refractivity contribution in [1.82, 2.24) is 0 Å². The molecule has 0 aliphatic rings. The highest BCUT2D eigenvalue weighted by Crippen LogP contribution is 2.20. The number of Topliss-reactive ketones (excluding diaryl/α,β-unsaturated/α-hetero) is 1. The van der Waals surface area contributed by atoms with Crippen LogP contribution in [0.1, 0.15) is 107 Å². The quantitative estimate of drug-likeness (QED) is 0.236. The summed E-state index contributed by atoms with van der Waals surface area (Å²) < 4.78 is 21.8. The van der Waals surface area contributed by atoms with Gasteiger partial charge in [0.15, 0.2) is 11.4 Å². The molecule has 1 atom stereocenters. The van der Waals surface area contributed by atoms with Gasteiger partial charge in [-0.15, -0.1) is 0 Å². The van der Waals surface area contributed by atoms with Gasteiger partial charge in [0.05, 0.1) is 27.6 Å². The van der Waals surface area contributed by atoms with Gasteiger partial charge in [-0.2, -0.15) is 0 Å². The van der Waals surface area contributed by atoms with Crippen LogP contribution in [0, 0.1) is 0 Å². The molecule has 0 heterocycles. The van der Waals surface area contributed by atoms with Gasteiger partial charge in [-0.25, -0.2) is 0 Å². The van der Waals surface area contributed by atoms with Gasteiger partial charge in [0, 0.05) is 10.5 Å². The summed E-state index contributed by atoms with van der Waals surface area (Å²) in [5.74, 6) is -1.51. The maximum Gasteiger partial charge on any atom is 0.306 e. The average molecular weight is 404 g/mol. The molecule has 2 N–H and O–H groups in total. The van der Waals surface area contributed by atoms with E-state index >= 15 is 0 Å². The van der Waals surface area contributed by atoms with E-state index in [9.17, 15) is 14.7 Å². The molecular formula is C23H46NO4+. The molecule has 5 nitrogen and oxygen atoms in total. The largest absolute Gasteiger partial charge is 0.481 e. The normalized spacial score (nSPS) is 16.1. The first-order valence-electron chi connectivity index (χ1n) is 12.5. The van der Waals surface area contributed by atoms with E-state index in [0.717, 1.165) is 38.5 Å². The highest BCUT2D eigenvalue weighted by molar-refractivity contribution is 5.90. The molecule has 0 fully saturated rings. The Morgan fingerprint density at radius 1 is 0.821 bits per heavy atom. The Morgan fingerprint density at radius 3 is 1.64 bits per heavy atom. The van der Waals surface area contributed by atoms with Crippen LogP contribution in [-0.2, 0) is 9.59 Å². The number of carbonyl (C=O) groups is 2. The van der Waals surface area contributed by atoms with Crippen LogP contribution >= 0.6 is 0 Å². The second-order valence-corrected chi connectivity index (χ2v) is 9.22. The Hall–Kier alpha value is -0.940. The zero-order valence-electron chi connectivity index (χ0n) is 21.5. The maximum atomic E-state index is 12.5. The minimum atomic E-state index is -1.79. The number of hydrogen-bond donors (Lipinski definition) is 2. The maximum absolute atomic E-state index is 12.5. The molecular weight excluding hydrogens is 354 g/mol. The Balaban J connectivity index is 3.76. The fourth-order valence-corrected chi connectivity index (χ4v) is 3.69. The molecule has 0 aromatic rings. The first kappa shape index (κ1) is 21.8. The van der Waals surface area contributed by atoms with Crippen molar-refractivity contribution in [3.8, 4) is 0 Å². The van der Waals surface area contributed by atoms with Crippen molar-refractivity contribution in [3.05, 3.63) is 0 Å². The van der Waals surface area contributed by atoms with Gasteiger partial charge in [-0.3, -0.25) is 9.59 Å². The predicted molar refractivity (Wildman–Crippen MR) is 115 cm³/mol. The fourth-order valence-electron chi connectivity index (χ4n) is 3.69. The van der Waals surface area contributed by atoms with Crippen molar-refractivity contribution < 1.29 is 28.4 Å². The van der Waals surface area contributed by atoms with E-state index in [1.807, 2.05) is 21.1 Å². The Labute approximate surface area is 177 Å². The Bertz CT molecular complexity index is 518. The molecule has 0 aliphatic heterocycles.